The minimum atomic E-state index is -0.410. The second kappa shape index (κ2) is 1.98. The van der Waals surface area contributed by atoms with Gasteiger partial charge in [-0.1, -0.05) is 0 Å². The number of H-pyrrole nitrogens is 1. The van der Waals surface area contributed by atoms with Crippen molar-refractivity contribution in [1.82, 2.24) is 9.97 Å². The summed E-state index contributed by atoms with van der Waals surface area (Å²) in [6.45, 7) is 0.571. The monoisotopic (exact) mass is 153 g/mol. The van der Waals surface area contributed by atoms with Crippen LogP contribution in [0.5, 0.6) is 5.75 Å². The van der Waals surface area contributed by atoms with E-state index in [0.717, 1.165) is 5.69 Å². The molecule has 1 aromatic heterocycles. The minimum absolute atomic E-state index is 0.182. The van der Waals surface area contributed by atoms with Gasteiger partial charge in [0.15, 0.2) is 11.6 Å². The van der Waals surface area contributed by atoms with Gasteiger partial charge in [-0.3, -0.25) is 0 Å². The Balaban J connectivity index is 2.70. The molecule has 58 valence electrons. The molecule has 0 unspecified atom stereocenters. The van der Waals surface area contributed by atoms with Gasteiger partial charge in [-0.15, -0.1) is 0 Å². The van der Waals surface area contributed by atoms with Crippen LogP contribution in [0.2, 0.25) is 0 Å². The predicted molar refractivity (Wildman–Crippen MR) is 38.5 cm³/mol. The van der Waals surface area contributed by atoms with E-state index in [1.807, 2.05) is 0 Å². The summed E-state index contributed by atoms with van der Waals surface area (Å²) in [5.74, 6) is 0.714. The molecule has 0 radical (unpaired) electrons. The first-order chi connectivity index (χ1) is 5.27. The number of nitrogen functional groups attached to an aromatic ring is 1. The van der Waals surface area contributed by atoms with E-state index < -0.39 is 5.69 Å². The van der Waals surface area contributed by atoms with Crippen molar-refractivity contribution < 1.29 is 4.74 Å². The number of nitrogens with zero attached hydrogens (tertiary/aromatic N) is 1. The molecule has 0 aliphatic carbocycles. The van der Waals surface area contributed by atoms with Gasteiger partial charge >= 0.3 is 5.69 Å². The number of nitrogens with two attached hydrogens (primary N) is 1. The van der Waals surface area contributed by atoms with Crippen molar-refractivity contribution >= 4 is 5.82 Å². The number of aromatic amines is 1. The third-order valence-electron chi connectivity index (χ3n) is 1.59. The SMILES string of the molecule is Nc1nc(=O)[nH]c2c1OCC2. The Kier molecular flexibility index (Phi) is 1.12. The Hall–Kier alpha value is -1.52. The van der Waals surface area contributed by atoms with Crippen molar-refractivity contribution in [2.45, 2.75) is 6.42 Å². The van der Waals surface area contributed by atoms with E-state index in [1.165, 1.54) is 0 Å². The molecular formula is C6H7N3O2. The molecule has 0 fully saturated rings. The van der Waals surface area contributed by atoms with Gasteiger partial charge < -0.3 is 15.5 Å². The molecule has 0 saturated heterocycles. The number of nitrogens with one attached hydrogen (secondary N) is 1. The summed E-state index contributed by atoms with van der Waals surface area (Å²) in [6.07, 6.45) is 0.706. The predicted octanol–water partition coefficient (Wildman–Crippen LogP) is -0.713. The van der Waals surface area contributed by atoms with Crippen LogP contribution >= 0.6 is 0 Å². The number of hydrogen-bond donors (Lipinski definition) is 2. The second-order valence-corrected chi connectivity index (χ2v) is 2.33. The topological polar surface area (TPSA) is 81.0 Å². The van der Waals surface area contributed by atoms with Gasteiger partial charge in [0.05, 0.1) is 12.3 Å². The standard InChI is InChI=1S/C6H7N3O2/c7-5-4-3(1-2-11-4)8-6(10)9-5/h1-2H2,(H3,7,8,9,10). The number of ether oxygens (including phenoxy) is 1. The van der Waals surface area contributed by atoms with E-state index in [4.69, 9.17) is 10.5 Å². The lowest BCUT2D eigenvalue weighted by molar-refractivity contribution is 0.357. The van der Waals surface area contributed by atoms with Crippen molar-refractivity contribution in [3.63, 3.8) is 0 Å². The van der Waals surface area contributed by atoms with E-state index in [9.17, 15) is 4.79 Å². The van der Waals surface area contributed by atoms with Crippen molar-refractivity contribution in [3.8, 4) is 5.75 Å². The minimum Gasteiger partial charge on any atom is -0.488 e. The molecule has 0 spiro atoms. The van der Waals surface area contributed by atoms with Gasteiger partial charge in [0, 0.05) is 6.42 Å². The maximum atomic E-state index is 10.7. The average molecular weight is 153 g/mol. The molecular weight excluding hydrogens is 146 g/mol. The molecule has 3 N–H and O–H groups in total. The molecule has 2 heterocycles. The molecule has 0 aromatic carbocycles. The fraction of sp³-hybridized carbons (Fsp3) is 0.333. The van der Waals surface area contributed by atoms with Crippen LogP contribution in [-0.2, 0) is 6.42 Å². The van der Waals surface area contributed by atoms with Crippen LogP contribution in [-0.4, -0.2) is 16.6 Å². The van der Waals surface area contributed by atoms with Crippen molar-refractivity contribution in [1.29, 1.82) is 0 Å². The smallest absolute Gasteiger partial charge is 0.347 e. The maximum absolute atomic E-state index is 10.7. The number of hydrogen-bond acceptors (Lipinski definition) is 4. The van der Waals surface area contributed by atoms with Crippen LogP contribution in [0.4, 0.5) is 5.82 Å². The highest BCUT2D eigenvalue weighted by Crippen LogP contribution is 2.25. The van der Waals surface area contributed by atoms with E-state index in [0.29, 0.717) is 18.8 Å². The third-order valence-corrected chi connectivity index (χ3v) is 1.59. The van der Waals surface area contributed by atoms with Crippen LogP contribution in [0, 0.1) is 0 Å². The molecule has 0 amide bonds. The largest absolute Gasteiger partial charge is 0.488 e. The summed E-state index contributed by atoms with van der Waals surface area (Å²) in [5, 5.41) is 0. The Morgan fingerprint density at radius 2 is 2.45 bits per heavy atom. The molecule has 1 aliphatic rings. The van der Waals surface area contributed by atoms with Crippen molar-refractivity contribution in [2.24, 2.45) is 0 Å². The van der Waals surface area contributed by atoms with Crippen LogP contribution in [0.15, 0.2) is 4.79 Å². The number of aromatic nitrogens is 2. The average Bonchev–Trinajstić information content (AvgIpc) is 2.34. The number of rotatable bonds is 0. The fourth-order valence-electron chi connectivity index (χ4n) is 1.12. The van der Waals surface area contributed by atoms with Gasteiger partial charge in [-0.05, 0) is 0 Å². The molecule has 1 aliphatic heterocycles. The van der Waals surface area contributed by atoms with E-state index >= 15 is 0 Å². The summed E-state index contributed by atoms with van der Waals surface area (Å²) in [5.41, 5.74) is 5.76. The Morgan fingerprint density at radius 3 is 3.27 bits per heavy atom. The normalized spacial score (nSPS) is 14.2. The van der Waals surface area contributed by atoms with Crippen molar-refractivity contribution in [2.75, 3.05) is 12.3 Å². The fourth-order valence-corrected chi connectivity index (χ4v) is 1.12. The zero-order valence-corrected chi connectivity index (χ0v) is 5.76. The molecule has 1 aromatic rings. The highest BCUT2D eigenvalue weighted by molar-refractivity contribution is 5.49. The summed E-state index contributed by atoms with van der Waals surface area (Å²) in [4.78, 5) is 16.8. The molecule has 5 nitrogen and oxygen atoms in total. The molecule has 11 heavy (non-hydrogen) atoms. The molecule has 0 bridgehead atoms. The molecule has 0 saturated carbocycles. The van der Waals surface area contributed by atoms with E-state index in [1.54, 1.807) is 0 Å². The maximum Gasteiger partial charge on any atom is 0.347 e. The molecule has 5 heteroatoms. The van der Waals surface area contributed by atoms with Gasteiger partial charge in [0.25, 0.3) is 0 Å². The van der Waals surface area contributed by atoms with Crippen LogP contribution in [0.1, 0.15) is 5.69 Å². The first kappa shape index (κ1) is 6.21. The zero-order chi connectivity index (χ0) is 7.84. The van der Waals surface area contributed by atoms with Gasteiger partial charge in [-0.25, -0.2) is 4.79 Å². The molecule has 2 rings (SSSR count). The lowest BCUT2D eigenvalue weighted by atomic mass is 10.3. The van der Waals surface area contributed by atoms with Gasteiger partial charge in [0.2, 0.25) is 0 Å². The first-order valence-corrected chi connectivity index (χ1v) is 3.29. The summed E-state index contributed by atoms with van der Waals surface area (Å²) in [6, 6.07) is 0. The van der Waals surface area contributed by atoms with Gasteiger partial charge in [-0.2, -0.15) is 4.98 Å². The quantitative estimate of drug-likeness (QED) is 0.515. The highest BCUT2D eigenvalue weighted by atomic mass is 16.5. The summed E-state index contributed by atoms with van der Waals surface area (Å²) in [7, 11) is 0. The Bertz CT molecular complexity index is 344. The van der Waals surface area contributed by atoms with Crippen LogP contribution in [0.3, 0.4) is 0 Å². The summed E-state index contributed by atoms with van der Waals surface area (Å²) < 4.78 is 5.13. The van der Waals surface area contributed by atoms with Gasteiger partial charge in [0.1, 0.15) is 0 Å². The second-order valence-electron chi connectivity index (χ2n) is 2.33. The van der Waals surface area contributed by atoms with Crippen molar-refractivity contribution in [3.05, 3.63) is 16.2 Å². The van der Waals surface area contributed by atoms with Crippen LogP contribution < -0.4 is 16.2 Å². The number of anilines is 1. The lowest BCUT2D eigenvalue weighted by Gasteiger charge is -1.99. The molecule has 0 atom stereocenters. The number of fused-ring (bicyclic) bond motifs is 1. The lowest BCUT2D eigenvalue weighted by Crippen LogP contribution is -2.14. The Morgan fingerprint density at radius 1 is 1.64 bits per heavy atom. The Labute approximate surface area is 62.2 Å². The first-order valence-electron chi connectivity index (χ1n) is 3.29. The van der Waals surface area contributed by atoms with Crippen LogP contribution in [0.25, 0.3) is 0 Å². The van der Waals surface area contributed by atoms with E-state index in [2.05, 4.69) is 9.97 Å². The summed E-state index contributed by atoms with van der Waals surface area (Å²) >= 11 is 0. The van der Waals surface area contributed by atoms with E-state index in [-0.39, 0.29) is 5.82 Å². The zero-order valence-electron chi connectivity index (χ0n) is 5.76. The highest BCUT2D eigenvalue weighted by Gasteiger charge is 2.16. The third kappa shape index (κ3) is 0.849.